The number of fused-ring (bicyclic) bond motifs is 1. The summed E-state index contributed by atoms with van der Waals surface area (Å²) in [6.07, 6.45) is 3.59. The molecule has 1 amide bonds. The Labute approximate surface area is 178 Å². The molecule has 30 heavy (non-hydrogen) atoms. The molecule has 2 atom stereocenters. The van der Waals surface area contributed by atoms with Crippen LogP contribution >= 0.6 is 0 Å². The molecule has 0 fully saturated rings. The molecule has 0 aliphatic heterocycles. The van der Waals surface area contributed by atoms with Crippen LogP contribution in [0.4, 0.5) is 4.39 Å². The summed E-state index contributed by atoms with van der Waals surface area (Å²) in [5.41, 5.74) is 2.41. The highest BCUT2D eigenvalue weighted by atomic mass is 32.2. The Bertz CT molecular complexity index is 976. The number of benzene rings is 2. The van der Waals surface area contributed by atoms with Gasteiger partial charge in [0.05, 0.1) is 10.9 Å². The van der Waals surface area contributed by atoms with Gasteiger partial charge < -0.3 is 5.32 Å². The predicted molar refractivity (Wildman–Crippen MR) is 115 cm³/mol. The molecule has 1 aliphatic rings. The maximum atomic E-state index is 13.2. The summed E-state index contributed by atoms with van der Waals surface area (Å²) in [6, 6.07) is 12.6. The summed E-state index contributed by atoms with van der Waals surface area (Å²) >= 11 is 0. The third-order valence-electron chi connectivity index (χ3n) is 5.77. The van der Waals surface area contributed by atoms with Crippen molar-refractivity contribution in [2.24, 2.45) is 0 Å². The number of hydrogen-bond donors (Lipinski definition) is 1. The molecule has 0 radical (unpaired) electrons. The zero-order valence-electron chi connectivity index (χ0n) is 17.5. The highest BCUT2D eigenvalue weighted by Crippen LogP contribution is 2.29. The van der Waals surface area contributed by atoms with Gasteiger partial charge in [-0.2, -0.15) is 4.31 Å². The van der Waals surface area contributed by atoms with Crippen LogP contribution in [0.2, 0.25) is 0 Å². The van der Waals surface area contributed by atoms with Crippen LogP contribution in [0.5, 0.6) is 0 Å². The molecule has 3 rings (SSSR count). The molecular weight excluding hydrogens is 403 g/mol. The molecule has 0 saturated heterocycles. The van der Waals surface area contributed by atoms with Crippen molar-refractivity contribution in [1.82, 2.24) is 9.62 Å². The van der Waals surface area contributed by atoms with E-state index in [1.807, 2.05) is 32.0 Å². The van der Waals surface area contributed by atoms with Gasteiger partial charge in [-0.1, -0.05) is 31.2 Å². The Morgan fingerprint density at radius 1 is 1.20 bits per heavy atom. The lowest BCUT2D eigenvalue weighted by Gasteiger charge is -2.29. The van der Waals surface area contributed by atoms with Crippen molar-refractivity contribution in [3.05, 3.63) is 65.5 Å². The Balaban J connectivity index is 1.69. The fraction of sp³-hybridized carbons (Fsp3) is 0.435. The van der Waals surface area contributed by atoms with Crippen molar-refractivity contribution in [3.63, 3.8) is 0 Å². The first kappa shape index (κ1) is 22.4. The zero-order valence-corrected chi connectivity index (χ0v) is 18.3. The van der Waals surface area contributed by atoms with E-state index >= 15 is 0 Å². The van der Waals surface area contributed by atoms with E-state index in [2.05, 4.69) is 11.4 Å². The van der Waals surface area contributed by atoms with Gasteiger partial charge in [0.15, 0.2) is 0 Å². The van der Waals surface area contributed by atoms with Crippen molar-refractivity contribution in [3.8, 4) is 0 Å². The van der Waals surface area contributed by atoms with E-state index in [-0.39, 0.29) is 35.9 Å². The Kier molecular flexibility index (Phi) is 7.26. The maximum absolute atomic E-state index is 13.2. The Morgan fingerprint density at radius 2 is 1.90 bits per heavy atom. The molecule has 2 aromatic rings. The third-order valence-corrected chi connectivity index (χ3v) is 7.79. The van der Waals surface area contributed by atoms with Crippen molar-refractivity contribution in [2.45, 2.75) is 62.9 Å². The van der Waals surface area contributed by atoms with Crippen molar-refractivity contribution < 1.29 is 17.6 Å². The molecule has 7 heteroatoms. The number of carbonyl (C=O) groups is 1. The summed E-state index contributed by atoms with van der Waals surface area (Å²) < 4.78 is 40.7. The van der Waals surface area contributed by atoms with Gasteiger partial charge in [0, 0.05) is 19.0 Å². The van der Waals surface area contributed by atoms with Gasteiger partial charge >= 0.3 is 0 Å². The van der Waals surface area contributed by atoms with Crippen LogP contribution in [0.3, 0.4) is 0 Å². The molecule has 2 aromatic carbocycles. The fourth-order valence-corrected chi connectivity index (χ4v) is 5.61. The normalized spacial score (nSPS) is 17.4. The van der Waals surface area contributed by atoms with Gasteiger partial charge in [0.2, 0.25) is 15.9 Å². The molecule has 0 heterocycles. The first-order chi connectivity index (χ1) is 14.3. The van der Waals surface area contributed by atoms with Crippen LogP contribution in [0.1, 0.15) is 56.7 Å². The number of nitrogens with one attached hydrogen (secondary N) is 1. The first-order valence-corrected chi connectivity index (χ1v) is 11.9. The SMILES string of the molecule is CCC(C)N(CCC(=O)NC1CCCc2ccccc21)S(=O)(=O)c1ccc(F)cc1. The average Bonchev–Trinajstić information content (AvgIpc) is 2.74. The molecule has 0 saturated carbocycles. The molecular formula is C23H29FN2O3S. The van der Waals surface area contributed by atoms with E-state index in [1.165, 1.54) is 22.0 Å². The number of aryl methyl sites for hydroxylation is 1. The van der Waals surface area contributed by atoms with Crippen molar-refractivity contribution in [2.75, 3.05) is 6.54 Å². The lowest BCUT2D eigenvalue weighted by molar-refractivity contribution is -0.122. The van der Waals surface area contributed by atoms with Gasteiger partial charge in [0.1, 0.15) is 5.82 Å². The average molecular weight is 433 g/mol. The first-order valence-electron chi connectivity index (χ1n) is 10.5. The predicted octanol–water partition coefficient (Wildman–Crippen LogP) is 4.20. The Hall–Kier alpha value is -2.25. The van der Waals surface area contributed by atoms with Gasteiger partial charge in [-0.05, 0) is 68.0 Å². The summed E-state index contributed by atoms with van der Waals surface area (Å²) in [5.74, 6) is -0.657. The number of rotatable bonds is 8. The molecule has 0 spiro atoms. The minimum Gasteiger partial charge on any atom is -0.349 e. The monoisotopic (exact) mass is 432 g/mol. The van der Waals surface area contributed by atoms with Gasteiger partial charge in [0.25, 0.3) is 0 Å². The van der Waals surface area contributed by atoms with Crippen molar-refractivity contribution >= 4 is 15.9 Å². The summed E-state index contributed by atoms with van der Waals surface area (Å²) in [6.45, 7) is 3.79. The quantitative estimate of drug-likeness (QED) is 0.680. The highest BCUT2D eigenvalue weighted by molar-refractivity contribution is 7.89. The van der Waals surface area contributed by atoms with Gasteiger partial charge in [-0.15, -0.1) is 0 Å². The van der Waals surface area contributed by atoms with Crippen molar-refractivity contribution in [1.29, 1.82) is 0 Å². The molecule has 2 unspecified atom stereocenters. The second kappa shape index (κ2) is 9.71. The second-order valence-corrected chi connectivity index (χ2v) is 9.68. The second-order valence-electron chi connectivity index (χ2n) is 7.79. The molecule has 1 aliphatic carbocycles. The minimum absolute atomic E-state index is 0.0332. The zero-order chi connectivity index (χ0) is 21.7. The topological polar surface area (TPSA) is 66.5 Å². The van der Waals surface area contributed by atoms with E-state index in [4.69, 9.17) is 0 Å². The minimum atomic E-state index is -3.82. The highest BCUT2D eigenvalue weighted by Gasteiger charge is 2.29. The van der Waals surface area contributed by atoms with Crippen LogP contribution in [-0.2, 0) is 21.2 Å². The fourth-order valence-electron chi connectivity index (χ4n) is 3.91. The molecule has 1 N–H and O–H groups in total. The number of nitrogens with zero attached hydrogens (tertiary/aromatic N) is 1. The van der Waals surface area contributed by atoms with Crippen LogP contribution in [0.25, 0.3) is 0 Å². The van der Waals surface area contributed by atoms with E-state index in [0.717, 1.165) is 37.0 Å². The molecule has 162 valence electrons. The lowest BCUT2D eigenvalue weighted by Crippen LogP contribution is -2.41. The van der Waals surface area contributed by atoms with E-state index < -0.39 is 15.8 Å². The maximum Gasteiger partial charge on any atom is 0.243 e. The number of amides is 1. The summed E-state index contributed by atoms with van der Waals surface area (Å²) in [4.78, 5) is 12.7. The van der Waals surface area contributed by atoms with Crippen LogP contribution < -0.4 is 5.32 Å². The smallest absolute Gasteiger partial charge is 0.243 e. The lowest BCUT2D eigenvalue weighted by atomic mass is 9.87. The molecule has 5 nitrogen and oxygen atoms in total. The summed E-state index contributed by atoms with van der Waals surface area (Å²) in [7, 11) is -3.82. The Morgan fingerprint density at radius 3 is 2.60 bits per heavy atom. The molecule has 0 aromatic heterocycles. The number of sulfonamides is 1. The van der Waals surface area contributed by atoms with E-state index in [0.29, 0.717) is 6.42 Å². The number of hydrogen-bond acceptors (Lipinski definition) is 3. The van der Waals surface area contributed by atoms with Gasteiger partial charge in [-0.25, -0.2) is 12.8 Å². The summed E-state index contributed by atoms with van der Waals surface area (Å²) in [5, 5.41) is 3.08. The largest absolute Gasteiger partial charge is 0.349 e. The van der Waals surface area contributed by atoms with E-state index in [9.17, 15) is 17.6 Å². The van der Waals surface area contributed by atoms with Crippen LogP contribution in [0.15, 0.2) is 53.4 Å². The number of carbonyl (C=O) groups excluding carboxylic acids is 1. The van der Waals surface area contributed by atoms with Gasteiger partial charge in [-0.3, -0.25) is 4.79 Å². The molecule has 0 bridgehead atoms. The van der Waals surface area contributed by atoms with Crippen LogP contribution in [0, 0.1) is 5.82 Å². The third kappa shape index (κ3) is 5.08. The van der Waals surface area contributed by atoms with Crippen LogP contribution in [-0.4, -0.2) is 31.2 Å². The standard InChI is InChI=1S/C23H29FN2O3S/c1-3-17(2)26(30(28,29)20-13-11-19(24)12-14-20)16-15-23(27)25-22-10-6-8-18-7-4-5-9-21(18)22/h4-5,7,9,11-14,17,22H,3,6,8,10,15-16H2,1-2H3,(H,25,27). The number of halogens is 1. The van der Waals surface area contributed by atoms with E-state index in [1.54, 1.807) is 0 Å².